The SMILES string of the molecule is CCOC(=O)c1cc(-c2ccccc2)[nH]c(=O)c1. The fourth-order valence-corrected chi connectivity index (χ4v) is 1.65. The Balaban J connectivity index is 2.45. The van der Waals surface area contributed by atoms with Crippen molar-refractivity contribution in [2.45, 2.75) is 6.92 Å². The van der Waals surface area contributed by atoms with Crippen molar-refractivity contribution in [1.82, 2.24) is 4.98 Å². The Morgan fingerprint density at radius 2 is 1.94 bits per heavy atom. The van der Waals surface area contributed by atoms with Crippen molar-refractivity contribution in [2.24, 2.45) is 0 Å². The van der Waals surface area contributed by atoms with Crippen molar-refractivity contribution in [3.05, 3.63) is 58.4 Å². The highest BCUT2D eigenvalue weighted by molar-refractivity contribution is 5.90. The van der Waals surface area contributed by atoms with Crippen LogP contribution < -0.4 is 5.56 Å². The summed E-state index contributed by atoms with van der Waals surface area (Å²) in [5, 5.41) is 0. The molecule has 2 rings (SSSR count). The van der Waals surface area contributed by atoms with Gasteiger partial charge in [-0.25, -0.2) is 4.79 Å². The lowest BCUT2D eigenvalue weighted by atomic mass is 10.1. The Kier molecular flexibility index (Phi) is 3.57. The molecule has 0 bridgehead atoms. The molecular formula is C14H13NO3. The number of carbonyl (C=O) groups excluding carboxylic acids is 1. The quantitative estimate of drug-likeness (QED) is 0.841. The molecule has 0 atom stereocenters. The number of nitrogens with one attached hydrogen (secondary N) is 1. The van der Waals surface area contributed by atoms with Crippen LogP contribution in [-0.2, 0) is 4.74 Å². The largest absolute Gasteiger partial charge is 0.462 e. The van der Waals surface area contributed by atoms with Crippen LogP contribution in [0, 0.1) is 0 Å². The van der Waals surface area contributed by atoms with Crippen LogP contribution in [0.4, 0.5) is 0 Å². The van der Waals surface area contributed by atoms with Gasteiger partial charge in [-0.15, -0.1) is 0 Å². The van der Waals surface area contributed by atoms with Crippen LogP contribution in [-0.4, -0.2) is 17.6 Å². The van der Waals surface area contributed by atoms with E-state index in [4.69, 9.17) is 4.74 Å². The second kappa shape index (κ2) is 5.31. The predicted molar refractivity (Wildman–Crippen MR) is 68.5 cm³/mol. The number of rotatable bonds is 3. The molecule has 0 spiro atoms. The molecule has 4 heteroatoms. The van der Waals surface area contributed by atoms with Gasteiger partial charge in [0, 0.05) is 11.8 Å². The number of esters is 1. The Morgan fingerprint density at radius 3 is 2.61 bits per heavy atom. The molecule has 2 aromatic rings. The maximum Gasteiger partial charge on any atom is 0.338 e. The van der Waals surface area contributed by atoms with E-state index in [0.29, 0.717) is 5.69 Å². The summed E-state index contributed by atoms with van der Waals surface area (Å²) in [5.41, 5.74) is 1.39. The molecule has 0 amide bonds. The number of aromatic amines is 1. The molecular weight excluding hydrogens is 230 g/mol. The zero-order valence-electron chi connectivity index (χ0n) is 9.97. The van der Waals surface area contributed by atoms with Crippen molar-refractivity contribution in [3.8, 4) is 11.3 Å². The molecule has 0 radical (unpaired) electrons. The fraction of sp³-hybridized carbons (Fsp3) is 0.143. The summed E-state index contributed by atoms with van der Waals surface area (Å²) in [6, 6.07) is 12.2. The second-order valence-corrected chi connectivity index (χ2v) is 3.73. The van der Waals surface area contributed by atoms with Crippen molar-refractivity contribution in [1.29, 1.82) is 0 Å². The van der Waals surface area contributed by atoms with Gasteiger partial charge in [-0.2, -0.15) is 0 Å². The molecule has 0 aliphatic rings. The van der Waals surface area contributed by atoms with Gasteiger partial charge in [0.05, 0.1) is 12.2 Å². The summed E-state index contributed by atoms with van der Waals surface area (Å²) in [5.74, 6) is -0.485. The van der Waals surface area contributed by atoms with Crippen LogP contribution in [0.3, 0.4) is 0 Å². The molecule has 0 saturated carbocycles. The molecule has 1 aromatic heterocycles. The summed E-state index contributed by atoms with van der Waals surface area (Å²) in [6.07, 6.45) is 0. The van der Waals surface area contributed by atoms with Gasteiger partial charge in [0.2, 0.25) is 5.56 Å². The van der Waals surface area contributed by atoms with E-state index >= 15 is 0 Å². The molecule has 0 fully saturated rings. The van der Waals surface area contributed by atoms with Gasteiger partial charge in [-0.3, -0.25) is 4.79 Å². The lowest BCUT2D eigenvalue weighted by Crippen LogP contribution is -2.12. The minimum Gasteiger partial charge on any atom is -0.462 e. The van der Waals surface area contributed by atoms with E-state index in [1.807, 2.05) is 30.3 Å². The third-order valence-electron chi connectivity index (χ3n) is 2.44. The first kappa shape index (κ1) is 12.1. The average Bonchev–Trinajstić information content (AvgIpc) is 2.39. The van der Waals surface area contributed by atoms with E-state index in [1.54, 1.807) is 13.0 Å². The predicted octanol–water partition coefficient (Wildman–Crippen LogP) is 2.22. The summed E-state index contributed by atoms with van der Waals surface area (Å²) in [4.78, 5) is 25.8. The van der Waals surface area contributed by atoms with E-state index < -0.39 is 5.97 Å². The molecule has 92 valence electrons. The highest BCUT2D eigenvalue weighted by atomic mass is 16.5. The first-order valence-electron chi connectivity index (χ1n) is 5.67. The number of aromatic nitrogens is 1. The molecule has 0 aliphatic carbocycles. The molecule has 1 heterocycles. The van der Waals surface area contributed by atoms with E-state index in [-0.39, 0.29) is 17.7 Å². The molecule has 18 heavy (non-hydrogen) atoms. The third kappa shape index (κ3) is 2.66. The van der Waals surface area contributed by atoms with Crippen LogP contribution in [0.25, 0.3) is 11.3 Å². The van der Waals surface area contributed by atoms with Crippen LogP contribution in [0.5, 0.6) is 0 Å². The Morgan fingerprint density at radius 1 is 1.22 bits per heavy atom. The normalized spacial score (nSPS) is 10.1. The Hall–Kier alpha value is -2.36. The third-order valence-corrected chi connectivity index (χ3v) is 2.44. The molecule has 0 aliphatic heterocycles. The Labute approximate surface area is 104 Å². The molecule has 1 N–H and O–H groups in total. The summed E-state index contributed by atoms with van der Waals surface area (Å²) < 4.78 is 4.88. The standard InChI is InChI=1S/C14H13NO3/c1-2-18-14(17)11-8-12(15-13(16)9-11)10-6-4-3-5-7-10/h3-9H,2H2,1H3,(H,15,16). The van der Waals surface area contributed by atoms with Gasteiger partial charge in [0.1, 0.15) is 0 Å². The highest BCUT2D eigenvalue weighted by Crippen LogP contribution is 2.16. The van der Waals surface area contributed by atoms with Crippen molar-refractivity contribution >= 4 is 5.97 Å². The van der Waals surface area contributed by atoms with E-state index in [9.17, 15) is 9.59 Å². The van der Waals surface area contributed by atoms with Gasteiger partial charge in [-0.05, 0) is 18.6 Å². The summed E-state index contributed by atoms with van der Waals surface area (Å²) in [6.45, 7) is 2.01. The van der Waals surface area contributed by atoms with Gasteiger partial charge in [0.25, 0.3) is 0 Å². The minimum atomic E-state index is -0.485. The number of ether oxygens (including phenoxy) is 1. The lowest BCUT2D eigenvalue weighted by Gasteiger charge is -2.05. The second-order valence-electron chi connectivity index (χ2n) is 3.73. The van der Waals surface area contributed by atoms with Crippen LogP contribution in [0.1, 0.15) is 17.3 Å². The smallest absolute Gasteiger partial charge is 0.338 e. The highest BCUT2D eigenvalue weighted by Gasteiger charge is 2.09. The van der Waals surface area contributed by atoms with Gasteiger partial charge < -0.3 is 9.72 Å². The van der Waals surface area contributed by atoms with Crippen molar-refractivity contribution in [2.75, 3.05) is 6.61 Å². The molecule has 4 nitrogen and oxygen atoms in total. The van der Waals surface area contributed by atoms with Crippen LogP contribution >= 0.6 is 0 Å². The maximum atomic E-state index is 11.6. The number of pyridine rings is 1. The van der Waals surface area contributed by atoms with Gasteiger partial charge in [-0.1, -0.05) is 30.3 Å². The Bertz CT molecular complexity index is 602. The minimum absolute atomic E-state index is 0.263. The number of benzene rings is 1. The van der Waals surface area contributed by atoms with E-state index in [1.165, 1.54) is 6.07 Å². The number of hydrogen-bond acceptors (Lipinski definition) is 3. The van der Waals surface area contributed by atoms with Gasteiger partial charge in [0.15, 0.2) is 0 Å². The van der Waals surface area contributed by atoms with Gasteiger partial charge >= 0.3 is 5.97 Å². The topological polar surface area (TPSA) is 59.2 Å². The number of carbonyl (C=O) groups is 1. The zero-order valence-corrected chi connectivity index (χ0v) is 9.97. The first-order valence-corrected chi connectivity index (χ1v) is 5.67. The fourth-order valence-electron chi connectivity index (χ4n) is 1.65. The summed E-state index contributed by atoms with van der Waals surface area (Å²) >= 11 is 0. The van der Waals surface area contributed by atoms with Crippen LogP contribution in [0.2, 0.25) is 0 Å². The van der Waals surface area contributed by atoms with E-state index in [2.05, 4.69) is 4.98 Å². The molecule has 0 unspecified atom stereocenters. The number of H-pyrrole nitrogens is 1. The number of hydrogen-bond donors (Lipinski definition) is 1. The zero-order chi connectivity index (χ0) is 13.0. The first-order chi connectivity index (χ1) is 8.70. The van der Waals surface area contributed by atoms with Crippen molar-refractivity contribution in [3.63, 3.8) is 0 Å². The maximum absolute atomic E-state index is 11.6. The monoisotopic (exact) mass is 243 g/mol. The average molecular weight is 243 g/mol. The van der Waals surface area contributed by atoms with Crippen LogP contribution in [0.15, 0.2) is 47.3 Å². The molecule has 0 saturated heterocycles. The van der Waals surface area contributed by atoms with Crippen molar-refractivity contribution < 1.29 is 9.53 Å². The molecule has 1 aromatic carbocycles. The van der Waals surface area contributed by atoms with E-state index in [0.717, 1.165) is 5.56 Å². The summed E-state index contributed by atoms with van der Waals surface area (Å²) in [7, 11) is 0. The lowest BCUT2D eigenvalue weighted by molar-refractivity contribution is 0.0526.